The van der Waals surface area contributed by atoms with Crippen molar-refractivity contribution in [2.24, 2.45) is 5.92 Å². The van der Waals surface area contributed by atoms with E-state index in [2.05, 4.69) is 4.72 Å². The lowest BCUT2D eigenvalue weighted by molar-refractivity contribution is 0.401. The van der Waals surface area contributed by atoms with Crippen molar-refractivity contribution in [2.75, 3.05) is 7.11 Å². The highest BCUT2D eigenvalue weighted by Gasteiger charge is 2.23. The smallest absolute Gasteiger partial charge is 0.244 e. The van der Waals surface area contributed by atoms with Crippen LogP contribution in [0.2, 0.25) is 5.02 Å². The largest absolute Gasteiger partial charge is 0.495 e. The van der Waals surface area contributed by atoms with E-state index in [1.54, 1.807) is 6.07 Å². The second kappa shape index (κ2) is 5.91. The van der Waals surface area contributed by atoms with E-state index in [0.29, 0.717) is 5.02 Å². The summed E-state index contributed by atoms with van der Waals surface area (Å²) < 4.78 is 32.1. The summed E-state index contributed by atoms with van der Waals surface area (Å²) in [5.41, 5.74) is 0. The van der Waals surface area contributed by atoms with Crippen molar-refractivity contribution < 1.29 is 13.2 Å². The molecule has 0 radical (unpaired) electrons. The maximum absolute atomic E-state index is 12.2. The van der Waals surface area contributed by atoms with Gasteiger partial charge in [-0.1, -0.05) is 25.4 Å². The molecule has 1 rings (SSSR count). The van der Waals surface area contributed by atoms with Gasteiger partial charge in [0.25, 0.3) is 0 Å². The van der Waals surface area contributed by atoms with Crippen molar-refractivity contribution in [2.45, 2.75) is 31.7 Å². The Kier molecular flexibility index (Phi) is 5.01. The zero-order valence-electron chi connectivity index (χ0n) is 10.9. The molecular weight excluding hydrogens is 274 g/mol. The molecule has 4 nitrogen and oxygen atoms in total. The summed E-state index contributed by atoms with van der Waals surface area (Å²) in [6.45, 7) is 5.71. The summed E-state index contributed by atoms with van der Waals surface area (Å²) in [4.78, 5) is 0.0602. The molecule has 1 N–H and O–H groups in total. The number of methoxy groups -OCH3 is 1. The first-order valence-corrected chi connectivity index (χ1v) is 7.50. The Labute approximate surface area is 113 Å². The number of rotatable bonds is 5. The van der Waals surface area contributed by atoms with Crippen molar-refractivity contribution in [3.63, 3.8) is 0 Å². The van der Waals surface area contributed by atoms with Crippen LogP contribution in [0.1, 0.15) is 20.8 Å². The van der Waals surface area contributed by atoms with Crippen LogP contribution in [0.15, 0.2) is 23.1 Å². The SMILES string of the molecule is COc1ccc(Cl)cc1S(=O)(=O)NC(C)C(C)C. The molecule has 6 heteroatoms. The molecule has 0 fully saturated rings. The molecule has 1 unspecified atom stereocenters. The molecule has 1 aromatic carbocycles. The van der Waals surface area contributed by atoms with Gasteiger partial charge in [-0.05, 0) is 31.0 Å². The fourth-order valence-corrected chi connectivity index (χ4v) is 3.13. The molecule has 0 aliphatic carbocycles. The minimum Gasteiger partial charge on any atom is -0.495 e. The highest BCUT2D eigenvalue weighted by molar-refractivity contribution is 7.89. The van der Waals surface area contributed by atoms with E-state index < -0.39 is 10.0 Å². The Morgan fingerprint density at radius 1 is 1.28 bits per heavy atom. The Morgan fingerprint density at radius 2 is 1.89 bits per heavy atom. The molecule has 0 bridgehead atoms. The van der Waals surface area contributed by atoms with Crippen LogP contribution in [0.4, 0.5) is 0 Å². The minimum atomic E-state index is -3.63. The van der Waals surface area contributed by atoms with Crippen molar-refractivity contribution in [1.82, 2.24) is 4.72 Å². The lowest BCUT2D eigenvalue weighted by atomic mass is 10.1. The summed E-state index contributed by atoms with van der Waals surface area (Å²) in [5.74, 6) is 0.479. The van der Waals surface area contributed by atoms with Gasteiger partial charge in [0.15, 0.2) is 0 Å². The number of benzene rings is 1. The first-order chi connectivity index (χ1) is 8.27. The predicted molar refractivity (Wildman–Crippen MR) is 72.6 cm³/mol. The molecule has 18 heavy (non-hydrogen) atoms. The average Bonchev–Trinajstić information content (AvgIpc) is 2.28. The molecule has 0 saturated heterocycles. The highest BCUT2D eigenvalue weighted by Crippen LogP contribution is 2.27. The maximum atomic E-state index is 12.2. The van der Waals surface area contributed by atoms with E-state index in [0.717, 1.165) is 0 Å². The first kappa shape index (κ1) is 15.3. The Balaban J connectivity index is 3.15. The summed E-state index contributed by atoms with van der Waals surface area (Å²) in [5, 5.41) is 0.355. The molecule has 0 spiro atoms. The van der Waals surface area contributed by atoms with E-state index in [-0.39, 0.29) is 22.6 Å². The van der Waals surface area contributed by atoms with Crippen molar-refractivity contribution in [3.8, 4) is 5.75 Å². The summed E-state index contributed by atoms with van der Waals surface area (Å²) >= 11 is 5.83. The van der Waals surface area contributed by atoms with Gasteiger partial charge in [-0.15, -0.1) is 0 Å². The van der Waals surface area contributed by atoms with Crippen LogP contribution in [0.5, 0.6) is 5.75 Å². The molecule has 102 valence electrons. The molecule has 0 heterocycles. The van der Waals surface area contributed by atoms with Crippen LogP contribution in [-0.2, 0) is 10.0 Å². The zero-order chi connectivity index (χ0) is 13.9. The number of hydrogen-bond donors (Lipinski definition) is 1. The average molecular weight is 292 g/mol. The number of halogens is 1. The lowest BCUT2D eigenvalue weighted by Crippen LogP contribution is -2.36. The van der Waals surface area contributed by atoms with E-state index in [9.17, 15) is 8.42 Å². The van der Waals surface area contributed by atoms with Crippen molar-refractivity contribution in [3.05, 3.63) is 23.2 Å². The minimum absolute atomic E-state index is 0.0602. The fraction of sp³-hybridized carbons (Fsp3) is 0.500. The molecule has 1 atom stereocenters. The van der Waals surface area contributed by atoms with Gasteiger partial charge in [0, 0.05) is 11.1 Å². The molecule has 0 aromatic heterocycles. The van der Waals surface area contributed by atoms with Crippen LogP contribution in [-0.4, -0.2) is 21.6 Å². The number of sulfonamides is 1. The van der Waals surface area contributed by atoms with Gasteiger partial charge in [0.2, 0.25) is 10.0 Å². The molecule has 1 aromatic rings. The zero-order valence-corrected chi connectivity index (χ0v) is 12.5. The third-order valence-corrected chi connectivity index (χ3v) is 4.57. The topological polar surface area (TPSA) is 55.4 Å². The van der Waals surface area contributed by atoms with Crippen LogP contribution in [0.3, 0.4) is 0 Å². The van der Waals surface area contributed by atoms with E-state index >= 15 is 0 Å². The Hall–Kier alpha value is -0.780. The number of nitrogens with one attached hydrogen (secondary N) is 1. The third-order valence-electron chi connectivity index (χ3n) is 2.76. The lowest BCUT2D eigenvalue weighted by Gasteiger charge is -2.18. The van der Waals surface area contributed by atoms with Crippen LogP contribution in [0, 0.1) is 5.92 Å². The molecular formula is C12H18ClNO3S. The molecule has 0 amide bonds. The van der Waals surface area contributed by atoms with Gasteiger partial charge in [0.1, 0.15) is 10.6 Å². The second-order valence-corrected chi connectivity index (χ2v) is 6.57. The van der Waals surface area contributed by atoms with Gasteiger partial charge in [-0.2, -0.15) is 0 Å². The highest BCUT2D eigenvalue weighted by atomic mass is 35.5. The van der Waals surface area contributed by atoms with Crippen LogP contribution >= 0.6 is 11.6 Å². The maximum Gasteiger partial charge on any atom is 0.244 e. The molecule has 0 aliphatic heterocycles. The summed E-state index contributed by atoms with van der Waals surface area (Å²) in [6, 6.07) is 4.34. The van der Waals surface area contributed by atoms with Gasteiger partial charge < -0.3 is 4.74 Å². The quantitative estimate of drug-likeness (QED) is 0.907. The normalized spacial score (nSPS) is 13.7. The van der Waals surface area contributed by atoms with Crippen LogP contribution in [0.25, 0.3) is 0 Å². The Bertz CT molecular complexity index is 514. The van der Waals surface area contributed by atoms with Gasteiger partial charge >= 0.3 is 0 Å². The fourth-order valence-electron chi connectivity index (χ4n) is 1.30. The van der Waals surface area contributed by atoms with Crippen LogP contribution < -0.4 is 9.46 Å². The number of hydrogen-bond acceptors (Lipinski definition) is 3. The van der Waals surface area contributed by atoms with Crippen molar-refractivity contribution >= 4 is 21.6 Å². The van der Waals surface area contributed by atoms with Gasteiger partial charge in [-0.25, -0.2) is 13.1 Å². The summed E-state index contributed by atoms with van der Waals surface area (Å²) in [7, 11) is -2.20. The summed E-state index contributed by atoms with van der Waals surface area (Å²) in [6.07, 6.45) is 0. The van der Waals surface area contributed by atoms with E-state index in [1.807, 2.05) is 20.8 Å². The van der Waals surface area contributed by atoms with E-state index in [4.69, 9.17) is 16.3 Å². The van der Waals surface area contributed by atoms with Gasteiger partial charge in [-0.3, -0.25) is 0 Å². The molecule has 0 aliphatic rings. The predicted octanol–water partition coefficient (Wildman–Crippen LogP) is 2.67. The molecule has 0 saturated carbocycles. The second-order valence-electron chi connectivity index (χ2n) is 4.45. The first-order valence-electron chi connectivity index (χ1n) is 5.64. The number of ether oxygens (including phenoxy) is 1. The van der Waals surface area contributed by atoms with Gasteiger partial charge in [0.05, 0.1) is 7.11 Å². The monoisotopic (exact) mass is 291 g/mol. The third kappa shape index (κ3) is 3.60. The van der Waals surface area contributed by atoms with Crippen molar-refractivity contribution in [1.29, 1.82) is 0 Å². The van der Waals surface area contributed by atoms with E-state index in [1.165, 1.54) is 19.2 Å². The Morgan fingerprint density at radius 3 is 2.39 bits per heavy atom. The standard InChI is InChI=1S/C12H18ClNO3S/c1-8(2)9(3)14-18(15,16)12-7-10(13)5-6-11(12)17-4/h5-9,14H,1-4H3.